The molecule has 0 aliphatic heterocycles. The Bertz CT molecular complexity index is 859. The van der Waals surface area contributed by atoms with Crippen LogP contribution in [-0.2, 0) is 17.8 Å². The van der Waals surface area contributed by atoms with Crippen LogP contribution >= 0.6 is 0 Å². The van der Waals surface area contributed by atoms with Gasteiger partial charge in [0.25, 0.3) is 0 Å². The van der Waals surface area contributed by atoms with Crippen LogP contribution in [-0.4, -0.2) is 23.6 Å². The molecular weight excluding hydrogens is 381 g/mol. The van der Waals surface area contributed by atoms with E-state index in [9.17, 15) is 4.79 Å². The lowest BCUT2D eigenvalue weighted by Crippen LogP contribution is -2.36. The van der Waals surface area contributed by atoms with E-state index >= 15 is 4.39 Å². The summed E-state index contributed by atoms with van der Waals surface area (Å²) in [5.74, 6) is -0.0193. The van der Waals surface area contributed by atoms with E-state index in [1.807, 2.05) is 77.9 Å². The van der Waals surface area contributed by atoms with Crippen molar-refractivity contribution in [3.63, 3.8) is 0 Å². The summed E-state index contributed by atoms with van der Waals surface area (Å²) in [5.41, 5.74) is 2.63. The van der Waals surface area contributed by atoms with Crippen molar-refractivity contribution in [3.8, 4) is 5.75 Å². The number of nitrogens with zero attached hydrogens (tertiary/aromatic N) is 1. The molecule has 2 aromatic rings. The first-order valence-corrected chi connectivity index (χ1v) is 10.6. The minimum absolute atomic E-state index is 0.193. The van der Waals surface area contributed by atoms with Crippen LogP contribution in [0.4, 0.5) is 9.18 Å². The van der Waals surface area contributed by atoms with Gasteiger partial charge in [-0.1, -0.05) is 44.2 Å². The van der Waals surface area contributed by atoms with Crippen LogP contribution in [0.5, 0.6) is 5.75 Å². The molecule has 164 valence electrons. The standard InChI is InChI=1S/C23H28FNO3.C2H6/c1-15-13-18-17(11-12-19(18)25(5)22(26)28-23(2,3)4)20(24)21(15)27-14-16-9-7-6-8-10-16;1-2/h6-10,13,19H,11-12,14H2,1-5H3;1-2H3. The monoisotopic (exact) mass is 415 g/mol. The Labute approximate surface area is 180 Å². The number of ether oxygens (including phenoxy) is 2. The highest BCUT2D eigenvalue weighted by Crippen LogP contribution is 2.41. The zero-order chi connectivity index (χ0) is 22.5. The molecule has 0 fully saturated rings. The molecule has 1 unspecified atom stereocenters. The number of aryl methyl sites for hydroxylation is 1. The van der Waals surface area contributed by atoms with E-state index in [0.717, 1.165) is 16.7 Å². The SMILES string of the molecule is CC.Cc1cc2c(c(F)c1OCc1ccccc1)CCC2N(C)C(=O)OC(C)(C)C. The number of amides is 1. The van der Waals surface area contributed by atoms with Gasteiger partial charge in [0.1, 0.15) is 12.2 Å². The maximum absolute atomic E-state index is 15.2. The zero-order valence-corrected chi connectivity index (χ0v) is 19.2. The Balaban J connectivity index is 0.00000155. The third-order valence-electron chi connectivity index (χ3n) is 4.94. The van der Waals surface area contributed by atoms with Crippen molar-refractivity contribution in [2.75, 3.05) is 7.05 Å². The van der Waals surface area contributed by atoms with Gasteiger partial charge in [-0.25, -0.2) is 9.18 Å². The summed E-state index contributed by atoms with van der Waals surface area (Å²) < 4.78 is 26.5. The molecular formula is C25H34FNO3. The number of hydrogen-bond acceptors (Lipinski definition) is 3. The molecule has 0 heterocycles. The minimum Gasteiger partial charge on any atom is -0.486 e. The van der Waals surface area contributed by atoms with E-state index in [4.69, 9.17) is 9.47 Å². The van der Waals surface area contributed by atoms with Gasteiger partial charge in [-0.2, -0.15) is 0 Å². The third-order valence-corrected chi connectivity index (χ3v) is 4.94. The molecule has 5 heteroatoms. The fraction of sp³-hybridized carbons (Fsp3) is 0.480. The predicted octanol–water partition coefficient (Wildman–Crippen LogP) is 6.59. The van der Waals surface area contributed by atoms with Gasteiger partial charge in [-0.3, -0.25) is 0 Å². The molecule has 0 saturated heterocycles. The maximum Gasteiger partial charge on any atom is 0.410 e. The molecule has 0 radical (unpaired) electrons. The van der Waals surface area contributed by atoms with Crippen molar-refractivity contribution in [2.45, 2.75) is 72.6 Å². The molecule has 0 spiro atoms. The summed E-state index contributed by atoms with van der Waals surface area (Å²) in [6, 6.07) is 11.5. The molecule has 0 aromatic heterocycles. The Morgan fingerprint density at radius 3 is 2.43 bits per heavy atom. The molecule has 0 N–H and O–H groups in total. The van der Waals surface area contributed by atoms with Crippen LogP contribution in [0.2, 0.25) is 0 Å². The largest absolute Gasteiger partial charge is 0.486 e. The minimum atomic E-state index is -0.566. The number of hydrogen-bond donors (Lipinski definition) is 0. The van der Waals surface area contributed by atoms with Crippen LogP contribution in [0.3, 0.4) is 0 Å². The number of halogens is 1. The van der Waals surface area contributed by atoms with Gasteiger partial charge in [0.05, 0.1) is 6.04 Å². The van der Waals surface area contributed by atoms with E-state index in [1.54, 1.807) is 11.9 Å². The van der Waals surface area contributed by atoms with Gasteiger partial charge < -0.3 is 14.4 Å². The summed E-state index contributed by atoms with van der Waals surface area (Å²) >= 11 is 0. The van der Waals surface area contributed by atoms with E-state index in [-0.39, 0.29) is 11.9 Å². The first-order chi connectivity index (χ1) is 14.2. The molecule has 1 aliphatic rings. The van der Waals surface area contributed by atoms with E-state index in [2.05, 4.69) is 0 Å². The highest BCUT2D eigenvalue weighted by atomic mass is 19.1. The summed E-state index contributed by atoms with van der Waals surface area (Å²) in [6.45, 7) is 11.7. The van der Waals surface area contributed by atoms with Crippen molar-refractivity contribution in [1.29, 1.82) is 0 Å². The van der Waals surface area contributed by atoms with E-state index in [0.29, 0.717) is 30.8 Å². The van der Waals surface area contributed by atoms with Gasteiger partial charge in [0.15, 0.2) is 11.6 Å². The number of carbonyl (C=O) groups excluding carboxylic acids is 1. The van der Waals surface area contributed by atoms with Crippen LogP contribution < -0.4 is 4.74 Å². The van der Waals surface area contributed by atoms with Gasteiger partial charge in [-0.05, 0) is 68.9 Å². The summed E-state index contributed by atoms with van der Waals surface area (Å²) in [5, 5.41) is 0. The Hall–Kier alpha value is -2.56. The van der Waals surface area contributed by atoms with Gasteiger partial charge in [0.2, 0.25) is 0 Å². The molecule has 1 amide bonds. The normalized spacial score (nSPS) is 15.0. The van der Waals surface area contributed by atoms with Crippen LogP contribution in [0.25, 0.3) is 0 Å². The zero-order valence-electron chi connectivity index (χ0n) is 19.2. The molecule has 4 nitrogen and oxygen atoms in total. The van der Waals surface area contributed by atoms with Crippen LogP contribution in [0.15, 0.2) is 36.4 Å². The van der Waals surface area contributed by atoms with E-state index in [1.165, 1.54) is 0 Å². The first-order valence-electron chi connectivity index (χ1n) is 10.6. The molecule has 3 rings (SSSR count). The first kappa shape index (κ1) is 23.7. The Morgan fingerprint density at radius 1 is 1.20 bits per heavy atom. The number of rotatable bonds is 4. The smallest absolute Gasteiger partial charge is 0.410 e. The summed E-state index contributed by atoms with van der Waals surface area (Å²) in [7, 11) is 1.71. The number of benzene rings is 2. The quantitative estimate of drug-likeness (QED) is 0.565. The second-order valence-corrected chi connectivity index (χ2v) is 8.32. The van der Waals surface area contributed by atoms with Gasteiger partial charge in [0, 0.05) is 7.05 Å². The predicted molar refractivity (Wildman–Crippen MR) is 118 cm³/mol. The van der Waals surface area contributed by atoms with Gasteiger partial charge in [-0.15, -0.1) is 0 Å². The van der Waals surface area contributed by atoms with Crippen LogP contribution in [0, 0.1) is 12.7 Å². The lowest BCUT2D eigenvalue weighted by Gasteiger charge is -2.29. The fourth-order valence-corrected chi connectivity index (χ4v) is 3.58. The lowest BCUT2D eigenvalue weighted by atomic mass is 10.0. The van der Waals surface area contributed by atoms with Crippen molar-refractivity contribution in [3.05, 3.63) is 64.5 Å². The average molecular weight is 416 g/mol. The van der Waals surface area contributed by atoms with Gasteiger partial charge >= 0.3 is 6.09 Å². The average Bonchev–Trinajstić information content (AvgIpc) is 3.12. The topological polar surface area (TPSA) is 38.8 Å². The lowest BCUT2D eigenvalue weighted by molar-refractivity contribution is 0.0220. The molecule has 1 atom stereocenters. The second kappa shape index (κ2) is 9.96. The molecule has 2 aromatic carbocycles. The van der Waals surface area contributed by atoms with Crippen molar-refractivity contribution >= 4 is 6.09 Å². The number of fused-ring (bicyclic) bond motifs is 1. The molecule has 1 aliphatic carbocycles. The Morgan fingerprint density at radius 2 is 1.83 bits per heavy atom. The molecule has 0 bridgehead atoms. The third kappa shape index (κ3) is 5.53. The van der Waals surface area contributed by atoms with Crippen LogP contribution in [0.1, 0.15) is 69.3 Å². The fourth-order valence-electron chi connectivity index (χ4n) is 3.58. The maximum atomic E-state index is 15.2. The summed E-state index contributed by atoms with van der Waals surface area (Å²) in [6.07, 6.45) is 0.845. The number of carbonyl (C=O) groups is 1. The molecule has 0 saturated carbocycles. The molecule has 30 heavy (non-hydrogen) atoms. The summed E-state index contributed by atoms with van der Waals surface area (Å²) in [4.78, 5) is 14.0. The van der Waals surface area contributed by atoms with E-state index < -0.39 is 11.7 Å². The Kier molecular flexibility index (Phi) is 7.88. The van der Waals surface area contributed by atoms with Crippen molar-refractivity contribution in [1.82, 2.24) is 4.90 Å². The highest BCUT2D eigenvalue weighted by Gasteiger charge is 2.34. The van der Waals surface area contributed by atoms with Crippen molar-refractivity contribution < 1.29 is 18.7 Å². The van der Waals surface area contributed by atoms with Crippen molar-refractivity contribution in [2.24, 2.45) is 0 Å². The highest BCUT2D eigenvalue weighted by molar-refractivity contribution is 5.69. The second-order valence-electron chi connectivity index (χ2n) is 8.32.